The van der Waals surface area contributed by atoms with Crippen LogP contribution in [0, 0.1) is 0 Å². The number of aryl methyl sites for hydroxylation is 1. The van der Waals surface area contributed by atoms with Gasteiger partial charge < -0.3 is 15.0 Å². The quantitative estimate of drug-likeness (QED) is 0.831. The van der Waals surface area contributed by atoms with Gasteiger partial charge in [0, 0.05) is 25.8 Å². The second-order valence-corrected chi connectivity index (χ2v) is 5.59. The number of hydrogen-bond acceptors (Lipinski definition) is 4. The Bertz CT molecular complexity index is 480. The van der Waals surface area contributed by atoms with Crippen LogP contribution in [0.2, 0.25) is 0 Å². The fraction of sp³-hybridized carbons (Fsp3) is 0.714. The highest BCUT2D eigenvalue weighted by Gasteiger charge is 2.26. The number of carbonyl (C=O) groups excluding carboxylic acids is 1. The zero-order valence-electron chi connectivity index (χ0n) is 11.9. The SMILES string of the molecule is CN(Cc1n[nH]c2c1CCCC2)C(=O)[C@@H]1CNCCO1. The van der Waals surface area contributed by atoms with E-state index in [2.05, 4.69) is 15.5 Å². The summed E-state index contributed by atoms with van der Waals surface area (Å²) >= 11 is 0. The van der Waals surface area contributed by atoms with E-state index in [-0.39, 0.29) is 12.0 Å². The normalized spacial score (nSPS) is 22.4. The minimum Gasteiger partial charge on any atom is -0.366 e. The van der Waals surface area contributed by atoms with Gasteiger partial charge in [-0.25, -0.2) is 0 Å². The van der Waals surface area contributed by atoms with E-state index in [1.54, 1.807) is 4.90 Å². The number of rotatable bonds is 3. The van der Waals surface area contributed by atoms with E-state index >= 15 is 0 Å². The van der Waals surface area contributed by atoms with Crippen LogP contribution in [0.25, 0.3) is 0 Å². The first-order chi connectivity index (χ1) is 9.75. The van der Waals surface area contributed by atoms with Crippen LogP contribution in [0.5, 0.6) is 0 Å². The van der Waals surface area contributed by atoms with Crippen LogP contribution in [-0.4, -0.2) is 53.9 Å². The van der Waals surface area contributed by atoms with Crippen molar-refractivity contribution in [3.05, 3.63) is 17.0 Å². The number of morpholine rings is 1. The highest BCUT2D eigenvalue weighted by molar-refractivity contribution is 5.81. The number of likely N-dealkylation sites (N-methyl/N-ethyl adjacent to an activating group) is 1. The summed E-state index contributed by atoms with van der Waals surface area (Å²) in [5.74, 6) is 0.0322. The van der Waals surface area contributed by atoms with Crippen LogP contribution in [0.1, 0.15) is 29.8 Å². The molecule has 6 heteroatoms. The lowest BCUT2D eigenvalue weighted by Gasteiger charge is -2.27. The fourth-order valence-corrected chi connectivity index (χ4v) is 2.95. The Morgan fingerprint density at radius 3 is 3.10 bits per heavy atom. The molecule has 110 valence electrons. The zero-order chi connectivity index (χ0) is 13.9. The van der Waals surface area contributed by atoms with E-state index in [0.29, 0.717) is 19.7 Å². The lowest BCUT2D eigenvalue weighted by Crippen LogP contribution is -2.48. The molecule has 1 saturated heterocycles. The number of nitrogens with one attached hydrogen (secondary N) is 2. The molecule has 1 fully saturated rings. The van der Waals surface area contributed by atoms with Crippen LogP contribution >= 0.6 is 0 Å². The molecule has 2 aliphatic rings. The average Bonchev–Trinajstić information content (AvgIpc) is 2.91. The van der Waals surface area contributed by atoms with Gasteiger partial charge in [-0.1, -0.05) is 0 Å². The number of H-pyrrole nitrogens is 1. The Kier molecular flexibility index (Phi) is 4.03. The maximum Gasteiger partial charge on any atom is 0.253 e. The molecule has 6 nitrogen and oxygen atoms in total. The first-order valence-electron chi connectivity index (χ1n) is 7.38. The van der Waals surface area contributed by atoms with Crippen molar-refractivity contribution < 1.29 is 9.53 Å². The molecule has 20 heavy (non-hydrogen) atoms. The second-order valence-electron chi connectivity index (χ2n) is 5.59. The first-order valence-corrected chi connectivity index (χ1v) is 7.38. The molecule has 2 N–H and O–H groups in total. The maximum atomic E-state index is 12.3. The number of hydrogen-bond donors (Lipinski definition) is 2. The summed E-state index contributed by atoms with van der Waals surface area (Å²) in [6.45, 7) is 2.58. The molecule has 1 aliphatic carbocycles. The maximum absolute atomic E-state index is 12.3. The van der Waals surface area contributed by atoms with Crippen molar-refractivity contribution in [3.63, 3.8) is 0 Å². The molecule has 3 rings (SSSR count). The molecule has 0 bridgehead atoms. The number of aromatic amines is 1. The van der Waals surface area contributed by atoms with Gasteiger partial charge in [-0.2, -0.15) is 5.10 Å². The van der Waals surface area contributed by atoms with E-state index in [4.69, 9.17) is 4.74 Å². The van der Waals surface area contributed by atoms with Crippen molar-refractivity contribution in [1.29, 1.82) is 0 Å². The van der Waals surface area contributed by atoms with E-state index in [1.807, 2.05) is 7.05 Å². The standard InChI is InChI=1S/C14H22N4O2/c1-18(14(19)13-8-15-6-7-20-13)9-12-10-4-2-3-5-11(10)16-17-12/h13,15H,2-9H2,1H3,(H,16,17)/t13-/m0/s1. The van der Waals surface area contributed by atoms with Gasteiger partial charge in [0.25, 0.3) is 5.91 Å². The van der Waals surface area contributed by atoms with Crippen LogP contribution in [0.4, 0.5) is 0 Å². The predicted octanol–water partition coefficient (Wildman–Crippen LogP) is 0.235. The predicted molar refractivity (Wildman–Crippen MR) is 74.3 cm³/mol. The Morgan fingerprint density at radius 1 is 1.45 bits per heavy atom. The highest BCUT2D eigenvalue weighted by Crippen LogP contribution is 2.23. The topological polar surface area (TPSA) is 70.2 Å². The van der Waals surface area contributed by atoms with Crippen molar-refractivity contribution in [2.24, 2.45) is 0 Å². The molecule has 0 radical (unpaired) electrons. The lowest BCUT2D eigenvalue weighted by molar-refractivity contribution is -0.144. The van der Waals surface area contributed by atoms with Crippen LogP contribution in [-0.2, 0) is 28.9 Å². The number of nitrogens with zero attached hydrogens (tertiary/aromatic N) is 2. The number of amides is 1. The number of ether oxygens (including phenoxy) is 1. The van der Waals surface area contributed by atoms with Crippen LogP contribution in [0.15, 0.2) is 0 Å². The van der Waals surface area contributed by atoms with Gasteiger partial charge in [0.1, 0.15) is 6.10 Å². The summed E-state index contributed by atoms with van der Waals surface area (Å²) in [6, 6.07) is 0. The van der Waals surface area contributed by atoms with E-state index < -0.39 is 0 Å². The Balaban J connectivity index is 1.64. The van der Waals surface area contributed by atoms with E-state index in [1.165, 1.54) is 24.1 Å². The third kappa shape index (κ3) is 2.71. The number of fused-ring (bicyclic) bond motifs is 1. The van der Waals surface area contributed by atoms with Crippen LogP contribution in [0.3, 0.4) is 0 Å². The molecule has 1 atom stereocenters. The summed E-state index contributed by atoms with van der Waals surface area (Å²) in [5, 5.41) is 10.7. The van der Waals surface area contributed by atoms with Gasteiger partial charge in [0.2, 0.25) is 0 Å². The van der Waals surface area contributed by atoms with Gasteiger partial charge >= 0.3 is 0 Å². The largest absolute Gasteiger partial charge is 0.366 e. The zero-order valence-corrected chi connectivity index (χ0v) is 11.9. The van der Waals surface area contributed by atoms with Gasteiger partial charge in [-0.3, -0.25) is 9.89 Å². The van der Waals surface area contributed by atoms with Gasteiger partial charge in [-0.05, 0) is 31.2 Å². The number of carbonyl (C=O) groups is 1. The lowest BCUT2D eigenvalue weighted by atomic mass is 9.96. The summed E-state index contributed by atoms with van der Waals surface area (Å²) in [5.41, 5.74) is 3.58. The van der Waals surface area contributed by atoms with Crippen molar-refractivity contribution in [2.45, 2.75) is 38.3 Å². The minimum absolute atomic E-state index is 0.0322. The summed E-state index contributed by atoms with van der Waals surface area (Å²) in [4.78, 5) is 14.0. The highest BCUT2D eigenvalue weighted by atomic mass is 16.5. The van der Waals surface area contributed by atoms with Gasteiger partial charge in [-0.15, -0.1) is 0 Å². The molecule has 0 aromatic carbocycles. The molecule has 1 amide bonds. The molecule has 1 aromatic rings. The van der Waals surface area contributed by atoms with Crippen molar-refractivity contribution in [1.82, 2.24) is 20.4 Å². The smallest absolute Gasteiger partial charge is 0.253 e. The Labute approximate surface area is 118 Å². The molecule has 0 spiro atoms. The third-order valence-electron chi connectivity index (χ3n) is 4.11. The summed E-state index contributed by atoms with van der Waals surface area (Å²) < 4.78 is 5.51. The minimum atomic E-state index is -0.358. The molecule has 2 heterocycles. The molecule has 0 unspecified atom stereocenters. The van der Waals surface area contributed by atoms with Crippen molar-refractivity contribution in [2.75, 3.05) is 26.7 Å². The first kappa shape index (κ1) is 13.6. The van der Waals surface area contributed by atoms with Crippen molar-refractivity contribution in [3.8, 4) is 0 Å². The average molecular weight is 278 g/mol. The summed E-state index contributed by atoms with van der Waals surface area (Å²) in [7, 11) is 1.82. The molecular weight excluding hydrogens is 256 g/mol. The second kappa shape index (κ2) is 5.93. The Morgan fingerprint density at radius 2 is 2.30 bits per heavy atom. The molecule has 1 aliphatic heterocycles. The third-order valence-corrected chi connectivity index (χ3v) is 4.11. The summed E-state index contributed by atoms with van der Waals surface area (Å²) in [6.07, 6.45) is 4.24. The molecule has 1 aromatic heterocycles. The monoisotopic (exact) mass is 278 g/mol. The van der Waals surface area contributed by atoms with Crippen molar-refractivity contribution >= 4 is 5.91 Å². The van der Waals surface area contributed by atoms with E-state index in [9.17, 15) is 4.79 Å². The van der Waals surface area contributed by atoms with Gasteiger partial charge in [0.05, 0.1) is 18.8 Å². The molecular formula is C14H22N4O2. The van der Waals surface area contributed by atoms with E-state index in [0.717, 1.165) is 25.1 Å². The molecule has 0 saturated carbocycles. The number of aromatic nitrogens is 2. The van der Waals surface area contributed by atoms with Gasteiger partial charge in [0.15, 0.2) is 0 Å². The fourth-order valence-electron chi connectivity index (χ4n) is 2.95. The van der Waals surface area contributed by atoms with Crippen LogP contribution < -0.4 is 5.32 Å². The Hall–Kier alpha value is -1.40.